The molecule has 0 saturated heterocycles. The third-order valence-corrected chi connectivity index (χ3v) is 0. The Bertz CT molecular complexity index is 8.00. The Morgan fingerprint density at radius 3 is 1.00 bits per heavy atom. The third kappa shape index (κ3) is 9.10. The average molecular weight is 316 g/mol. The van der Waals surface area contributed by atoms with Crippen LogP contribution in [-0.2, 0) is 49.8 Å². The van der Waals surface area contributed by atoms with Crippen LogP contribution in [0.4, 0.5) is 0 Å². The Morgan fingerprint density at radius 1 is 1.00 bits per heavy atom. The molecule has 18 valence electrons. The van der Waals surface area contributed by atoms with Crippen molar-refractivity contribution in [3.63, 3.8) is 0 Å². The van der Waals surface area contributed by atoms with E-state index in [-0.39, 0.29) is 108 Å². The maximum absolute atomic E-state index is 0. The Hall–Kier alpha value is 3.51. The van der Waals surface area contributed by atoms with E-state index >= 15 is 0 Å². The Balaban J connectivity index is 0. The first-order chi connectivity index (χ1) is 0. The van der Waals surface area contributed by atoms with Crippen LogP contribution in [0.5, 0.6) is 0 Å². The fraction of sp³-hybridized carbons (Fsp3) is 0. The summed E-state index contributed by atoms with van der Waals surface area (Å²) in [5.74, 6) is 0. The van der Waals surface area contributed by atoms with Crippen LogP contribution in [0.25, 0.3) is 0 Å². The monoisotopic (exact) mass is 314 g/mol. The van der Waals surface area contributed by atoms with Gasteiger partial charge in [0.2, 0.25) is 0 Å². The van der Waals surface area contributed by atoms with Gasteiger partial charge in [-0.3, -0.25) is 0 Å². The van der Waals surface area contributed by atoms with Gasteiger partial charge in [0.25, 0.3) is 0 Å². The van der Waals surface area contributed by atoms with Crippen molar-refractivity contribution in [1.82, 2.24) is 0 Å². The average Bonchev–Trinajstić information content (AvgIpc) is 0. The van der Waals surface area contributed by atoms with E-state index in [0.717, 1.165) is 0 Å². The zero-order valence-corrected chi connectivity index (χ0v) is 10.3. The second-order valence-corrected chi connectivity index (χ2v) is 0. The van der Waals surface area contributed by atoms with Crippen molar-refractivity contribution in [2.24, 2.45) is 0 Å². The van der Waals surface area contributed by atoms with Crippen LogP contribution < -0.4 is 0 Å². The van der Waals surface area contributed by atoms with Crippen LogP contribution in [0, 0.1) is 40.8 Å². The molecule has 0 aliphatic heterocycles. The molecule has 0 nitrogen and oxygen atoms in total. The van der Waals surface area contributed by atoms with Crippen molar-refractivity contribution in [3.8, 4) is 0 Å². The quantitative estimate of drug-likeness (QED) is 0.534. The molecule has 0 aliphatic carbocycles. The summed E-state index contributed by atoms with van der Waals surface area (Å²) in [6, 6.07) is 0. The summed E-state index contributed by atoms with van der Waals surface area (Å²) in [4.78, 5) is 0. The molecule has 0 saturated carbocycles. The normalized spacial score (nSPS) is 0. The van der Waals surface area contributed by atoms with Gasteiger partial charge in [0, 0.05) is 108 Å². The maximum atomic E-state index is 0. The molecule has 0 spiro atoms. The molecular weight excluding hydrogens is 316 g/mol. The van der Waals surface area contributed by atoms with E-state index in [9.17, 15) is 0 Å². The minimum absolute atomic E-state index is 0. The fourth-order valence-corrected chi connectivity index (χ4v) is 0. The van der Waals surface area contributed by atoms with E-state index in [1.54, 1.807) is 0 Å². The summed E-state index contributed by atoms with van der Waals surface area (Å²) in [7, 11) is 0. The second kappa shape index (κ2) is 16.0. The van der Waals surface area contributed by atoms with Crippen molar-refractivity contribution in [1.29, 1.82) is 0 Å². The molecule has 0 aliphatic rings. The number of rotatable bonds is 0. The third-order valence-electron chi connectivity index (χ3n) is 0. The first kappa shape index (κ1) is 25.8. The predicted molar refractivity (Wildman–Crippen MR) is 5.75 cm³/mol. The van der Waals surface area contributed by atoms with Crippen molar-refractivity contribution in [2.45, 2.75) is 0 Å². The summed E-state index contributed by atoms with van der Waals surface area (Å²) in [5.41, 5.74) is 0. The number of hydrogen-bond donors (Lipinski definition) is 0. The van der Waals surface area contributed by atoms with Gasteiger partial charge in [-0.15, -0.1) is 0 Å². The minimum atomic E-state index is 0. The molecule has 0 rings (SSSR count). The zero-order valence-electron chi connectivity index (χ0n) is 2.01. The van der Waals surface area contributed by atoms with Gasteiger partial charge in [-0.1, -0.05) is 0 Å². The van der Waals surface area contributed by atoms with Gasteiger partial charge < -0.3 is 0 Å². The van der Waals surface area contributed by atoms with Gasteiger partial charge in [0.15, 0.2) is 0 Å². The van der Waals surface area contributed by atoms with E-state index in [0.29, 0.717) is 0 Å². The second-order valence-electron chi connectivity index (χ2n) is 0. The molecule has 0 atom stereocenters. The molecule has 0 heterocycles. The molecule has 4 radical (unpaired) electrons. The van der Waals surface area contributed by atoms with Crippen molar-refractivity contribution < 1.29 is 90.6 Å². The summed E-state index contributed by atoms with van der Waals surface area (Å²) < 4.78 is 0. The standard InChI is InChI=1S/Al.Fe.Nd.Y. The smallest absolute Gasteiger partial charge is 0 e. The molecule has 0 aromatic rings. The van der Waals surface area contributed by atoms with Crippen molar-refractivity contribution in [3.05, 3.63) is 0 Å². The molecule has 0 fully saturated rings. The fourth-order valence-electron chi connectivity index (χ4n) is 0. The molecule has 0 N–H and O–H groups in total. The van der Waals surface area contributed by atoms with Crippen LogP contribution >= 0.6 is 0 Å². The first-order valence-electron chi connectivity index (χ1n) is 0. The van der Waals surface area contributed by atoms with Gasteiger partial charge in [0.1, 0.15) is 0 Å². The summed E-state index contributed by atoms with van der Waals surface area (Å²) in [6.07, 6.45) is 0. The molecule has 0 aromatic heterocycles. The van der Waals surface area contributed by atoms with Crippen molar-refractivity contribution in [2.75, 3.05) is 0 Å². The van der Waals surface area contributed by atoms with Gasteiger partial charge in [-0.2, -0.15) is 0 Å². The molecule has 0 amide bonds. The zero-order chi connectivity index (χ0) is 0. The maximum Gasteiger partial charge on any atom is 0 e. The molecule has 0 aromatic carbocycles. The molecule has 0 unspecified atom stereocenters. The molecule has 4 heteroatoms. The summed E-state index contributed by atoms with van der Waals surface area (Å²) in [6.45, 7) is 0. The molecular formula is AlFeNdY. The largest absolute Gasteiger partial charge is 0 e. The van der Waals surface area contributed by atoms with Crippen LogP contribution in [0.3, 0.4) is 0 Å². The van der Waals surface area contributed by atoms with Gasteiger partial charge >= 0.3 is 0 Å². The van der Waals surface area contributed by atoms with E-state index in [4.69, 9.17) is 0 Å². The Labute approximate surface area is 105 Å². The Morgan fingerprint density at radius 2 is 1.00 bits per heavy atom. The van der Waals surface area contributed by atoms with Crippen molar-refractivity contribution >= 4 is 17.4 Å². The molecule has 4 heavy (non-hydrogen) atoms. The number of hydrogen-bond acceptors (Lipinski definition) is 0. The summed E-state index contributed by atoms with van der Waals surface area (Å²) >= 11 is 0. The van der Waals surface area contributed by atoms with Crippen LogP contribution in [0.1, 0.15) is 0 Å². The van der Waals surface area contributed by atoms with E-state index < -0.39 is 0 Å². The first-order valence-corrected chi connectivity index (χ1v) is 0. The van der Waals surface area contributed by atoms with Gasteiger partial charge in [-0.25, -0.2) is 0 Å². The summed E-state index contributed by atoms with van der Waals surface area (Å²) in [5, 5.41) is 0. The SMILES string of the molecule is [Al].[Fe].[Nd].[Y]. The predicted octanol–water partition coefficient (Wildman–Crippen LogP) is -0.386. The van der Waals surface area contributed by atoms with Gasteiger partial charge in [-0.05, 0) is 0 Å². The van der Waals surface area contributed by atoms with Gasteiger partial charge in [0.05, 0.1) is 0 Å². The Kier molecular flexibility index (Phi) is 104. The van der Waals surface area contributed by atoms with E-state index in [2.05, 4.69) is 0 Å². The molecule has 0 bridgehead atoms. The van der Waals surface area contributed by atoms with Crippen LogP contribution in [-0.4, -0.2) is 17.4 Å². The van der Waals surface area contributed by atoms with E-state index in [1.165, 1.54) is 0 Å². The van der Waals surface area contributed by atoms with Crippen LogP contribution in [0.2, 0.25) is 0 Å². The topological polar surface area (TPSA) is 0 Å². The van der Waals surface area contributed by atoms with E-state index in [1.807, 2.05) is 0 Å². The van der Waals surface area contributed by atoms with Crippen LogP contribution in [0.15, 0.2) is 0 Å². The minimum Gasteiger partial charge on any atom is 0 e.